The van der Waals surface area contributed by atoms with Gasteiger partial charge in [-0.05, 0) is 37.3 Å². The van der Waals surface area contributed by atoms with Crippen molar-refractivity contribution in [3.05, 3.63) is 64.8 Å². The Hall–Kier alpha value is -2.66. The molecule has 0 bridgehead atoms. The van der Waals surface area contributed by atoms with Crippen LogP contribution in [0.2, 0.25) is 5.02 Å². The molecule has 0 saturated heterocycles. The summed E-state index contributed by atoms with van der Waals surface area (Å²) in [7, 11) is 0. The van der Waals surface area contributed by atoms with Crippen molar-refractivity contribution in [1.29, 1.82) is 0 Å². The lowest BCUT2D eigenvalue weighted by molar-refractivity contribution is 0.0521. The second-order valence-corrected chi connectivity index (χ2v) is 5.25. The van der Waals surface area contributed by atoms with E-state index < -0.39 is 5.97 Å². The normalized spacial score (nSPS) is 10.7. The van der Waals surface area contributed by atoms with Gasteiger partial charge in [0.2, 0.25) is 0 Å². The zero-order valence-corrected chi connectivity index (χ0v) is 13.1. The molecule has 3 aromatic rings. The van der Waals surface area contributed by atoms with Gasteiger partial charge in [-0.1, -0.05) is 29.8 Å². The molecule has 23 heavy (non-hydrogen) atoms. The number of hydrogen-bond acceptors (Lipinski definition) is 4. The van der Waals surface area contributed by atoms with E-state index in [-0.39, 0.29) is 18.2 Å². The van der Waals surface area contributed by atoms with Crippen LogP contribution in [-0.2, 0) is 4.74 Å². The Labute approximate surface area is 137 Å². The Morgan fingerprint density at radius 1 is 1.13 bits per heavy atom. The number of para-hydroxylation sites is 1. The molecule has 0 spiro atoms. The monoisotopic (exact) mass is 328 g/mol. The summed E-state index contributed by atoms with van der Waals surface area (Å²) in [6, 6.07) is 13.5. The predicted molar refractivity (Wildman–Crippen MR) is 86.9 cm³/mol. The molecule has 0 unspecified atom stereocenters. The molecule has 0 saturated carbocycles. The van der Waals surface area contributed by atoms with Crippen molar-refractivity contribution in [2.24, 2.45) is 0 Å². The fourth-order valence-electron chi connectivity index (χ4n) is 2.29. The number of rotatable bonds is 3. The fourth-order valence-corrected chi connectivity index (χ4v) is 2.41. The molecular formula is C17H13ClN2O3. The third kappa shape index (κ3) is 2.83. The van der Waals surface area contributed by atoms with Gasteiger partial charge in [-0.25, -0.2) is 4.79 Å². The first kappa shape index (κ1) is 15.2. The summed E-state index contributed by atoms with van der Waals surface area (Å²) in [5.74, 6) is -0.889. The van der Waals surface area contributed by atoms with Gasteiger partial charge in [0.1, 0.15) is 0 Å². The summed E-state index contributed by atoms with van der Waals surface area (Å²) < 4.78 is 6.22. The van der Waals surface area contributed by atoms with Crippen LogP contribution >= 0.6 is 11.6 Å². The maximum Gasteiger partial charge on any atom is 0.359 e. The van der Waals surface area contributed by atoms with Gasteiger partial charge in [-0.2, -0.15) is 9.78 Å². The number of ether oxygens (including phenoxy) is 1. The number of hydrogen-bond donors (Lipinski definition) is 0. The van der Waals surface area contributed by atoms with Crippen molar-refractivity contribution < 1.29 is 14.3 Å². The Morgan fingerprint density at radius 3 is 2.52 bits per heavy atom. The van der Waals surface area contributed by atoms with Crippen LogP contribution in [0.1, 0.15) is 27.8 Å². The van der Waals surface area contributed by atoms with Crippen LogP contribution in [0.4, 0.5) is 0 Å². The summed E-state index contributed by atoms with van der Waals surface area (Å²) >= 11 is 5.84. The second kappa shape index (κ2) is 6.22. The number of esters is 1. The number of carbonyl (C=O) groups is 2. The van der Waals surface area contributed by atoms with E-state index in [9.17, 15) is 9.59 Å². The molecule has 116 valence electrons. The number of fused-ring (bicyclic) bond motifs is 1. The molecule has 1 aromatic heterocycles. The van der Waals surface area contributed by atoms with E-state index >= 15 is 0 Å². The molecule has 0 aliphatic rings. The quantitative estimate of drug-likeness (QED) is 0.690. The van der Waals surface area contributed by atoms with Crippen molar-refractivity contribution in [2.75, 3.05) is 6.61 Å². The van der Waals surface area contributed by atoms with E-state index in [0.717, 1.165) is 0 Å². The van der Waals surface area contributed by atoms with Crippen LogP contribution in [0.15, 0.2) is 48.5 Å². The Kier molecular flexibility index (Phi) is 4.12. The van der Waals surface area contributed by atoms with Gasteiger partial charge in [-0.3, -0.25) is 4.79 Å². The van der Waals surface area contributed by atoms with E-state index in [1.807, 2.05) is 0 Å². The van der Waals surface area contributed by atoms with E-state index in [1.54, 1.807) is 55.5 Å². The maximum atomic E-state index is 12.7. The maximum absolute atomic E-state index is 12.7. The average Bonchev–Trinajstić information content (AvgIpc) is 2.95. The highest BCUT2D eigenvalue weighted by atomic mass is 35.5. The summed E-state index contributed by atoms with van der Waals surface area (Å²) in [4.78, 5) is 24.7. The molecule has 6 heteroatoms. The zero-order valence-electron chi connectivity index (χ0n) is 12.3. The highest BCUT2D eigenvalue weighted by molar-refractivity contribution is 6.30. The third-order valence-electron chi connectivity index (χ3n) is 3.34. The van der Waals surface area contributed by atoms with Crippen LogP contribution in [0, 0.1) is 0 Å². The number of halogens is 1. The Bertz CT molecular complexity index is 884. The van der Waals surface area contributed by atoms with Gasteiger partial charge in [0.25, 0.3) is 5.91 Å². The van der Waals surface area contributed by atoms with Crippen LogP contribution in [-0.4, -0.2) is 28.3 Å². The number of benzene rings is 2. The largest absolute Gasteiger partial charge is 0.461 e. The minimum absolute atomic E-state index is 0.129. The summed E-state index contributed by atoms with van der Waals surface area (Å²) in [6.07, 6.45) is 0. The lowest BCUT2D eigenvalue weighted by Crippen LogP contribution is -2.15. The van der Waals surface area contributed by atoms with Gasteiger partial charge in [0.05, 0.1) is 12.1 Å². The van der Waals surface area contributed by atoms with E-state index in [4.69, 9.17) is 16.3 Å². The first-order chi connectivity index (χ1) is 11.1. The van der Waals surface area contributed by atoms with Crippen LogP contribution < -0.4 is 0 Å². The minimum Gasteiger partial charge on any atom is -0.461 e. The topological polar surface area (TPSA) is 61.2 Å². The standard InChI is InChI=1S/C17H13ClN2O3/c1-2-23-17(22)15-13-5-3-4-6-14(13)20(19-15)16(21)11-7-9-12(18)10-8-11/h3-10H,2H2,1H3. The molecule has 0 aliphatic heterocycles. The van der Waals surface area contributed by atoms with E-state index in [1.165, 1.54) is 4.68 Å². The fraction of sp³-hybridized carbons (Fsp3) is 0.118. The molecule has 3 rings (SSSR count). The molecule has 0 radical (unpaired) electrons. The number of carbonyl (C=O) groups excluding carboxylic acids is 2. The van der Waals surface area contributed by atoms with Crippen LogP contribution in [0.5, 0.6) is 0 Å². The van der Waals surface area contributed by atoms with Crippen LogP contribution in [0.3, 0.4) is 0 Å². The molecule has 1 heterocycles. The average molecular weight is 329 g/mol. The van der Waals surface area contributed by atoms with Gasteiger partial charge >= 0.3 is 5.97 Å². The highest BCUT2D eigenvalue weighted by Gasteiger charge is 2.21. The zero-order chi connectivity index (χ0) is 16.4. The van der Waals surface area contributed by atoms with E-state index in [2.05, 4.69) is 5.10 Å². The van der Waals surface area contributed by atoms with Gasteiger partial charge in [0, 0.05) is 16.0 Å². The first-order valence-corrected chi connectivity index (χ1v) is 7.44. The molecule has 0 amide bonds. The second-order valence-electron chi connectivity index (χ2n) is 4.81. The number of nitrogens with zero attached hydrogens (tertiary/aromatic N) is 2. The summed E-state index contributed by atoms with van der Waals surface area (Å²) in [5, 5.41) is 5.28. The first-order valence-electron chi connectivity index (χ1n) is 7.07. The number of aromatic nitrogens is 2. The van der Waals surface area contributed by atoms with Crippen molar-refractivity contribution in [2.45, 2.75) is 6.92 Å². The summed E-state index contributed by atoms with van der Waals surface area (Å²) in [6.45, 7) is 1.96. The van der Waals surface area contributed by atoms with Gasteiger partial charge < -0.3 is 4.74 Å². The molecule has 5 nitrogen and oxygen atoms in total. The molecule has 0 aliphatic carbocycles. The van der Waals surface area contributed by atoms with Gasteiger partial charge in [0.15, 0.2) is 5.69 Å². The third-order valence-corrected chi connectivity index (χ3v) is 3.59. The van der Waals surface area contributed by atoms with Crippen molar-refractivity contribution >= 4 is 34.4 Å². The minimum atomic E-state index is -0.550. The molecule has 2 aromatic carbocycles. The molecular weight excluding hydrogens is 316 g/mol. The van der Waals surface area contributed by atoms with Crippen molar-refractivity contribution in [3.63, 3.8) is 0 Å². The Balaban J connectivity index is 2.12. The SMILES string of the molecule is CCOC(=O)c1nn(C(=O)c2ccc(Cl)cc2)c2ccccc12. The molecule has 0 atom stereocenters. The highest BCUT2D eigenvalue weighted by Crippen LogP contribution is 2.21. The van der Waals surface area contributed by atoms with Gasteiger partial charge in [-0.15, -0.1) is 0 Å². The van der Waals surface area contributed by atoms with Crippen molar-refractivity contribution in [3.8, 4) is 0 Å². The lowest BCUT2D eigenvalue weighted by Gasteiger charge is -2.02. The van der Waals surface area contributed by atoms with Crippen LogP contribution in [0.25, 0.3) is 10.9 Å². The Morgan fingerprint density at radius 2 is 1.83 bits per heavy atom. The lowest BCUT2D eigenvalue weighted by atomic mass is 10.2. The summed E-state index contributed by atoms with van der Waals surface area (Å²) in [5.41, 5.74) is 1.11. The molecule has 0 N–H and O–H groups in total. The predicted octanol–water partition coefficient (Wildman–Crippen LogP) is 3.55. The van der Waals surface area contributed by atoms with Crippen molar-refractivity contribution in [1.82, 2.24) is 9.78 Å². The van der Waals surface area contributed by atoms with E-state index in [0.29, 0.717) is 21.5 Å². The smallest absolute Gasteiger partial charge is 0.359 e. The molecule has 0 fully saturated rings.